The quantitative estimate of drug-likeness (QED) is 0.871. The van der Waals surface area contributed by atoms with Crippen LogP contribution in [0, 0.1) is 0 Å². The third kappa shape index (κ3) is 2.26. The minimum atomic E-state index is -4.81. The van der Waals surface area contributed by atoms with E-state index < -0.39 is 29.5 Å². The van der Waals surface area contributed by atoms with Crippen LogP contribution >= 0.6 is 0 Å². The molecule has 0 aliphatic heterocycles. The normalized spacial score (nSPS) is 26.8. The maximum atomic E-state index is 12.2. The van der Waals surface area contributed by atoms with Crippen molar-refractivity contribution >= 4 is 5.97 Å². The predicted octanol–water partition coefficient (Wildman–Crippen LogP) is 1.85. The zero-order valence-electron chi connectivity index (χ0n) is 9.07. The van der Waals surface area contributed by atoms with Crippen molar-refractivity contribution in [3.63, 3.8) is 0 Å². The summed E-state index contributed by atoms with van der Waals surface area (Å²) in [5.74, 6) is -2.29. The zero-order valence-corrected chi connectivity index (χ0v) is 9.07. The Bertz CT molecular complexity index is 489. The van der Waals surface area contributed by atoms with Gasteiger partial charge in [-0.1, -0.05) is 18.2 Å². The number of rotatable bonds is 3. The van der Waals surface area contributed by atoms with Gasteiger partial charge < -0.3 is 15.6 Å². The highest BCUT2D eigenvalue weighted by molar-refractivity contribution is 5.85. The lowest BCUT2D eigenvalue weighted by molar-refractivity contribution is -0.274. The molecular weight excluding hydrogens is 251 g/mol. The molecule has 2 rings (SSSR count). The van der Waals surface area contributed by atoms with Gasteiger partial charge in [0.2, 0.25) is 0 Å². The number of nitrogens with two attached hydrogens (primary N) is 1. The average Bonchev–Trinajstić information content (AvgIpc) is 2.91. The van der Waals surface area contributed by atoms with E-state index >= 15 is 0 Å². The van der Waals surface area contributed by atoms with Crippen molar-refractivity contribution in [1.82, 2.24) is 0 Å². The number of alkyl halides is 3. The molecule has 1 aliphatic rings. The molecule has 2 atom stereocenters. The van der Waals surface area contributed by atoms with Gasteiger partial charge in [-0.2, -0.15) is 0 Å². The van der Waals surface area contributed by atoms with E-state index in [0.717, 1.165) is 6.07 Å². The Morgan fingerprint density at radius 3 is 2.56 bits per heavy atom. The molecule has 0 radical (unpaired) electrons. The first-order chi connectivity index (χ1) is 8.24. The van der Waals surface area contributed by atoms with Crippen LogP contribution in [0.25, 0.3) is 0 Å². The first-order valence-electron chi connectivity index (χ1n) is 5.11. The Morgan fingerprint density at radius 1 is 1.44 bits per heavy atom. The number of hydrogen-bond donors (Lipinski definition) is 2. The van der Waals surface area contributed by atoms with Crippen molar-refractivity contribution in [3.05, 3.63) is 29.8 Å². The molecule has 0 amide bonds. The Hall–Kier alpha value is -1.76. The average molecular weight is 261 g/mol. The Morgan fingerprint density at radius 2 is 2.06 bits per heavy atom. The molecule has 0 aromatic heterocycles. The van der Waals surface area contributed by atoms with Crippen molar-refractivity contribution in [2.24, 2.45) is 5.73 Å². The van der Waals surface area contributed by atoms with Crippen molar-refractivity contribution in [1.29, 1.82) is 0 Å². The number of benzene rings is 1. The van der Waals surface area contributed by atoms with E-state index in [2.05, 4.69) is 4.74 Å². The number of para-hydroxylation sites is 1. The lowest BCUT2D eigenvalue weighted by Crippen LogP contribution is -2.34. The molecule has 0 saturated heterocycles. The van der Waals surface area contributed by atoms with Crippen LogP contribution in [-0.2, 0) is 4.79 Å². The lowest BCUT2D eigenvalue weighted by Gasteiger charge is -2.14. The standard InChI is InChI=1S/C11H10F3NO3/c12-11(13,14)18-8-4-2-1-3-6(8)7-5-10(7,15)9(16)17/h1-4,7H,5,15H2,(H,16,17)/t7-,10-/m1/s1. The fourth-order valence-corrected chi connectivity index (χ4v) is 1.89. The summed E-state index contributed by atoms with van der Waals surface area (Å²) < 4.78 is 40.4. The van der Waals surface area contributed by atoms with Gasteiger partial charge in [0.25, 0.3) is 0 Å². The van der Waals surface area contributed by atoms with Gasteiger partial charge in [-0.05, 0) is 12.5 Å². The maximum absolute atomic E-state index is 12.2. The van der Waals surface area contributed by atoms with Crippen LogP contribution < -0.4 is 10.5 Å². The number of carboxylic acid groups (broad SMARTS) is 1. The third-order valence-electron chi connectivity index (χ3n) is 2.92. The van der Waals surface area contributed by atoms with Crippen LogP contribution in [0.4, 0.5) is 13.2 Å². The zero-order chi connectivity index (χ0) is 13.6. The van der Waals surface area contributed by atoms with Crippen LogP contribution in [0.3, 0.4) is 0 Å². The van der Waals surface area contributed by atoms with E-state index in [1.165, 1.54) is 18.2 Å². The number of halogens is 3. The maximum Gasteiger partial charge on any atom is 0.573 e. The molecule has 1 aromatic carbocycles. The van der Waals surface area contributed by atoms with E-state index in [9.17, 15) is 18.0 Å². The topological polar surface area (TPSA) is 72.6 Å². The minimum absolute atomic E-state index is 0.0978. The summed E-state index contributed by atoms with van der Waals surface area (Å²) in [5, 5.41) is 8.88. The van der Waals surface area contributed by atoms with Gasteiger partial charge >= 0.3 is 12.3 Å². The molecule has 7 heteroatoms. The van der Waals surface area contributed by atoms with Crippen molar-refractivity contribution in [2.75, 3.05) is 0 Å². The van der Waals surface area contributed by atoms with Gasteiger partial charge in [0.15, 0.2) is 0 Å². The number of ether oxygens (including phenoxy) is 1. The van der Waals surface area contributed by atoms with Crippen LogP contribution in [0.1, 0.15) is 17.9 Å². The Kier molecular flexibility index (Phi) is 2.73. The first kappa shape index (κ1) is 12.7. The van der Waals surface area contributed by atoms with Gasteiger partial charge in [0.05, 0.1) is 0 Å². The van der Waals surface area contributed by atoms with Gasteiger partial charge in [0.1, 0.15) is 11.3 Å². The minimum Gasteiger partial charge on any atom is -0.480 e. The molecule has 0 spiro atoms. The predicted molar refractivity (Wildman–Crippen MR) is 55.0 cm³/mol. The molecule has 0 bridgehead atoms. The van der Waals surface area contributed by atoms with Crippen LogP contribution in [0.15, 0.2) is 24.3 Å². The second-order valence-corrected chi connectivity index (χ2v) is 4.19. The molecule has 0 heterocycles. The molecule has 4 nitrogen and oxygen atoms in total. The largest absolute Gasteiger partial charge is 0.573 e. The summed E-state index contributed by atoms with van der Waals surface area (Å²) in [6.07, 6.45) is -4.72. The van der Waals surface area contributed by atoms with Crippen molar-refractivity contribution in [2.45, 2.75) is 24.2 Å². The highest BCUT2D eigenvalue weighted by Crippen LogP contribution is 2.52. The molecule has 0 unspecified atom stereocenters. The Labute approximate surface area is 100 Å². The number of hydrogen-bond acceptors (Lipinski definition) is 3. The van der Waals surface area contributed by atoms with Crippen molar-refractivity contribution < 1.29 is 27.8 Å². The summed E-state index contributed by atoms with van der Waals surface area (Å²) in [6.45, 7) is 0. The second kappa shape index (κ2) is 3.88. The van der Waals surface area contributed by atoms with Crippen LogP contribution in [0.5, 0.6) is 5.75 Å². The number of aliphatic carboxylic acids is 1. The summed E-state index contributed by atoms with van der Waals surface area (Å²) in [4.78, 5) is 10.9. The Balaban J connectivity index is 2.28. The van der Waals surface area contributed by atoms with E-state index in [-0.39, 0.29) is 12.0 Å². The number of carboxylic acids is 1. The monoisotopic (exact) mass is 261 g/mol. The molecule has 1 aromatic rings. The van der Waals surface area contributed by atoms with Crippen LogP contribution in [0.2, 0.25) is 0 Å². The fraction of sp³-hybridized carbons (Fsp3) is 0.364. The van der Waals surface area contributed by atoms with Gasteiger partial charge in [-0.15, -0.1) is 13.2 Å². The second-order valence-electron chi connectivity index (χ2n) is 4.19. The summed E-state index contributed by atoms with van der Waals surface area (Å²) in [5.41, 5.74) is 4.23. The molecule has 18 heavy (non-hydrogen) atoms. The molecule has 1 aliphatic carbocycles. The SMILES string of the molecule is N[C@]1(C(=O)O)C[C@@H]1c1ccccc1OC(F)(F)F. The molecule has 98 valence electrons. The highest BCUT2D eigenvalue weighted by atomic mass is 19.4. The van der Waals surface area contributed by atoms with E-state index in [4.69, 9.17) is 10.8 Å². The van der Waals surface area contributed by atoms with E-state index in [1.54, 1.807) is 0 Å². The van der Waals surface area contributed by atoms with Crippen molar-refractivity contribution in [3.8, 4) is 5.75 Å². The van der Waals surface area contributed by atoms with Gasteiger partial charge in [0, 0.05) is 11.5 Å². The summed E-state index contributed by atoms with van der Waals surface area (Å²) in [7, 11) is 0. The van der Waals surface area contributed by atoms with E-state index in [0.29, 0.717) is 0 Å². The van der Waals surface area contributed by atoms with Crippen LogP contribution in [-0.4, -0.2) is 23.0 Å². The molecule has 1 fully saturated rings. The first-order valence-corrected chi connectivity index (χ1v) is 5.11. The fourth-order valence-electron chi connectivity index (χ4n) is 1.89. The van der Waals surface area contributed by atoms with E-state index in [1.807, 2.05) is 0 Å². The van der Waals surface area contributed by atoms with Gasteiger partial charge in [-0.3, -0.25) is 4.79 Å². The third-order valence-corrected chi connectivity index (χ3v) is 2.92. The lowest BCUT2D eigenvalue weighted by atomic mass is 10.1. The highest BCUT2D eigenvalue weighted by Gasteiger charge is 2.59. The van der Waals surface area contributed by atoms with Gasteiger partial charge in [-0.25, -0.2) is 0 Å². The smallest absolute Gasteiger partial charge is 0.480 e. The molecular formula is C11H10F3NO3. The summed E-state index contributed by atoms with van der Waals surface area (Å²) >= 11 is 0. The summed E-state index contributed by atoms with van der Waals surface area (Å²) in [6, 6.07) is 5.43. The molecule has 1 saturated carbocycles. The number of carbonyl (C=O) groups is 1. The molecule has 3 N–H and O–H groups in total.